The zero-order valence-corrected chi connectivity index (χ0v) is 17.3. The van der Waals surface area contributed by atoms with Crippen LogP contribution in [-0.2, 0) is 4.79 Å². The fourth-order valence-electron chi connectivity index (χ4n) is 4.45. The Bertz CT molecular complexity index is 660. The second-order valence-corrected chi connectivity index (χ2v) is 8.41. The van der Waals surface area contributed by atoms with E-state index in [1.165, 1.54) is 0 Å². The molecule has 8 heteroatoms. The van der Waals surface area contributed by atoms with Crippen LogP contribution in [0.3, 0.4) is 0 Å². The first-order valence-electron chi connectivity index (χ1n) is 10.6. The Kier molecular flexibility index (Phi) is 5.96. The number of likely N-dealkylation sites (N-methyl/N-ethyl adjacent to an activating group) is 2. The van der Waals surface area contributed by atoms with Gasteiger partial charge in [0, 0.05) is 71.4 Å². The van der Waals surface area contributed by atoms with E-state index >= 15 is 0 Å². The van der Waals surface area contributed by atoms with Crippen molar-refractivity contribution in [1.29, 1.82) is 0 Å². The van der Waals surface area contributed by atoms with Crippen LogP contribution in [0.15, 0.2) is 12.5 Å². The minimum Gasteiger partial charge on any atom is -0.367 e. The molecule has 0 unspecified atom stereocenters. The van der Waals surface area contributed by atoms with Gasteiger partial charge in [0.25, 0.3) is 0 Å². The van der Waals surface area contributed by atoms with Gasteiger partial charge in [0.05, 0.1) is 11.9 Å². The molecular weight excluding hydrogens is 354 g/mol. The van der Waals surface area contributed by atoms with Crippen molar-refractivity contribution in [3.05, 3.63) is 12.5 Å². The molecule has 154 valence electrons. The quantitative estimate of drug-likeness (QED) is 0.735. The van der Waals surface area contributed by atoms with Crippen molar-refractivity contribution in [1.82, 2.24) is 24.7 Å². The summed E-state index contributed by atoms with van der Waals surface area (Å²) in [6.45, 7) is 9.64. The van der Waals surface area contributed by atoms with Crippen LogP contribution in [0, 0.1) is 5.92 Å². The number of carbonyl (C=O) groups is 1. The summed E-state index contributed by atoms with van der Waals surface area (Å²) in [7, 11) is 4.29. The normalized spacial score (nSPS) is 23.3. The zero-order valence-electron chi connectivity index (χ0n) is 17.3. The van der Waals surface area contributed by atoms with Crippen LogP contribution in [0.2, 0.25) is 0 Å². The number of carbonyl (C=O) groups excluding carboxylic acids is 1. The predicted molar refractivity (Wildman–Crippen MR) is 111 cm³/mol. The number of piperidine rings is 1. The van der Waals surface area contributed by atoms with Gasteiger partial charge in [0.15, 0.2) is 5.82 Å². The molecule has 0 spiro atoms. The average molecular weight is 388 g/mol. The van der Waals surface area contributed by atoms with Crippen molar-refractivity contribution in [3.63, 3.8) is 0 Å². The highest BCUT2D eigenvalue weighted by molar-refractivity contribution is 5.79. The van der Waals surface area contributed by atoms with Gasteiger partial charge in [-0.1, -0.05) is 0 Å². The molecule has 3 aliphatic heterocycles. The Morgan fingerprint density at radius 3 is 2.11 bits per heavy atom. The molecule has 3 saturated heterocycles. The molecule has 3 aliphatic rings. The number of aromatic nitrogens is 2. The Hall–Kier alpha value is -1.93. The highest BCUT2D eigenvalue weighted by Crippen LogP contribution is 2.31. The van der Waals surface area contributed by atoms with E-state index in [0.717, 1.165) is 89.8 Å². The van der Waals surface area contributed by atoms with Crippen LogP contribution in [0.4, 0.5) is 11.5 Å². The molecule has 8 nitrogen and oxygen atoms in total. The van der Waals surface area contributed by atoms with E-state index < -0.39 is 0 Å². The monoisotopic (exact) mass is 387 g/mol. The van der Waals surface area contributed by atoms with Crippen LogP contribution in [0.5, 0.6) is 0 Å². The molecule has 3 fully saturated rings. The van der Waals surface area contributed by atoms with E-state index in [1.807, 2.05) is 6.20 Å². The third-order valence-corrected chi connectivity index (χ3v) is 6.48. The molecule has 0 N–H and O–H groups in total. The van der Waals surface area contributed by atoms with Crippen molar-refractivity contribution < 1.29 is 4.79 Å². The van der Waals surface area contributed by atoms with E-state index in [0.29, 0.717) is 5.91 Å². The first-order valence-corrected chi connectivity index (χ1v) is 10.6. The van der Waals surface area contributed by atoms with Gasteiger partial charge in [-0.3, -0.25) is 4.79 Å². The topological polar surface area (TPSA) is 59.1 Å². The summed E-state index contributed by atoms with van der Waals surface area (Å²) < 4.78 is 0. The third kappa shape index (κ3) is 4.22. The number of hydrogen-bond donors (Lipinski definition) is 0. The van der Waals surface area contributed by atoms with Crippen molar-refractivity contribution in [2.45, 2.75) is 12.8 Å². The van der Waals surface area contributed by atoms with Gasteiger partial charge in [-0.2, -0.15) is 0 Å². The first kappa shape index (κ1) is 19.4. The largest absolute Gasteiger partial charge is 0.367 e. The second-order valence-electron chi connectivity index (χ2n) is 8.41. The van der Waals surface area contributed by atoms with Crippen LogP contribution in [-0.4, -0.2) is 110 Å². The lowest BCUT2D eigenvalue weighted by molar-refractivity contribution is -0.137. The lowest BCUT2D eigenvalue weighted by Crippen LogP contribution is -2.50. The second kappa shape index (κ2) is 8.61. The predicted octanol–water partition coefficient (Wildman–Crippen LogP) is 0.219. The number of rotatable bonds is 3. The Morgan fingerprint density at radius 1 is 0.857 bits per heavy atom. The van der Waals surface area contributed by atoms with Gasteiger partial charge in [0.1, 0.15) is 6.33 Å². The first-order chi connectivity index (χ1) is 13.6. The van der Waals surface area contributed by atoms with Crippen LogP contribution >= 0.6 is 0 Å². The van der Waals surface area contributed by atoms with Gasteiger partial charge in [0.2, 0.25) is 5.91 Å². The summed E-state index contributed by atoms with van der Waals surface area (Å²) in [4.78, 5) is 33.3. The lowest BCUT2D eigenvalue weighted by Gasteiger charge is -2.39. The third-order valence-electron chi connectivity index (χ3n) is 6.48. The van der Waals surface area contributed by atoms with Crippen molar-refractivity contribution in [2.75, 3.05) is 89.3 Å². The van der Waals surface area contributed by atoms with Gasteiger partial charge in [-0.15, -0.1) is 0 Å². The van der Waals surface area contributed by atoms with Gasteiger partial charge < -0.3 is 24.5 Å². The van der Waals surface area contributed by atoms with E-state index in [9.17, 15) is 4.79 Å². The Balaban J connectivity index is 1.37. The molecule has 0 saturated carbocycles. The Morgan fingerprint density at radius 2 is 1.46 bits per heavy atom. The standard InChI is InChI=1S/C20H33N7O/c1-23-7-11-26(12-8-23)19-18(15-21-16-22-19)25-5-3-17(4-6-25)20(28)27-13-9-24(2)10-14-27/h15-17H,3-14H2,1-2H3. The summed E-state index contributed by atoms with van der Waals surface area (Å²) in [5.74, 6) is 1.57. The zero-order chi connectivity index (χ0) is 19.5. The van der Waals surface area contributed by atoms with Crippen molar-refractivity contribution in [3.8, 4) is 0 Å². The summed E-state index contributed by atoms with van der Waals surface area (Å²) in [6, 6.07) is 0. The van der Waals surface area contributed by atoms with Crippen LogP contribution < -0.4 is 9.80 Å². The van der Waals surface area contributed by atoms with E-state index in [-0.39, 0.29) is 5.92 Å². The van der Waals surface area contributed by atoms with Gasteiger partial charge in [-0.05, 0) is 26.9 Å². The molecule has 0 aromatic carbocycles. The van der Waals surface area contributed by atoms with E-state index in [4.69, 9.17) is 0 Å². The fraction of sp³-hybridized carbons (Fsp3) is 0.750. The molecule has 4 heterocycles. The van der Waals surface area contributed by atoms with Crippen LogP contribution in [0.25, 0.3) is 0 Å². The number of hydrogen-bond acceptors (Lipinski definition) is 7. The molecule has 1 aromatic heterocycles. The highest BCUT2D eigenvalue weighted by Gasteiger charge is 2.31. The Labute approximate surface area is 168 Å². The minimum atomic E-state index is 0.163. The maximum Gasteiger partial charge on any atom is 0.225 e. The fourth-order valence-corrected chi connectivity index (χ4v) is 4.45. The number of anilines is 2. The van der Waals surface area contributed by atoms with E-state index in [1.54, 1.807) is 6.33 Å². The summed E-state index contributed by atoms with van der Waals surface area (Å²) >= 11 is 0. The molecule has 0 aliphatic carbocycles. The summed E-state index contributed by atoms with van der Waals surface area (Å²) in [6.07, 6.45) is 5.44. The van der Waals surface area contributed by atoms with Gasteiger partial charge >= 0.3 is 0 Å². The van der Waals surface area contributed by atoms with Crippen LogP contribution in [0.1, 0.15) is 12.8 Å². The van der Waals surface area contributed by atoms with Crippen molar-refractivity contribution >= 4 is 17.4 Å². The molecule has 1 aromatic rings. The number of amides is 1. The molecule has 0 radical (unpaired) electrons. The molecule has 4 rings (SSSR count). The molecule has 0 atom stereocenters. The smallest absolute Gasteiger partial charge is 0.225 e. The lowest BCUT2D eigenvalue weighted by atomic mass is 9.94. The minimum absolute atomic E-state index is 0.163. The maximum absolute atomic E-state index is 12.9. The van der Waals surface area contributed by atoms with Gasteiger partial charge in [-0.25, -0.2) is 9.97 Å². The average Bonchev–Trinajstić information content (AvgIpc) is 2.74. The molecular formula is C20H33N7O. The summed E-state index contributed by atoms with van der Waals surface area (Å²) in [5.41, 5.74) is 1.12. The maximum atomic E-state index is 12.9. The molecule has 28 heavy (non-hydrogen) atoms. The van der Waals surface area contributed by atoms with E-state index in [2.05, 4.69) is 48.6 Å². The molecule has 1 amide bonds. The SMILES string of the molecule is CN1CCN(C(=O)C2CCN(c3cncnc3N3CCN(C)CC3)CC2)CC1. The highest BCUT2D eigenvalue weighted by atomic mass is 16.2. The summed E-state index contributed by atoms with van der Waals surface area (Å²) in [5, 5.41) is 0. The number of piperazine rings is 2. The molecule has 0 bridgehead atoms. The van der Waals surface area contributed by atoms with Crippen molar-refractivity contribution in [2.24, 2.45) is 5.92 Å². The number of nitrogens with zero attached hydrogens (tertiary/aromatic N) is 7.